The summed E-state index contributed by atoms with van der Waals surface area (Å²) in [4.78, 5) is 25.9. The molecule has 156 valence electrons. The van der Waals surface area contributed by atoms with Gasteiger partial charge in [0.1, 0.15) is 5.60 Å². The summed E-state index contributed by atoms with van der Waals surface area (Å²) in [6, 6.07) is 8.40. The van der Waals surface area contributed by atoms with Crippen LogP contribution in [0.2, 0.25) is 0 Å². The summed E-state index contributed by atoms with van der Waals surface area (Å²) in [5.41, 5.74) is 1.45. The van der Waals surface area contributed by atoms with E-state index in [0.29, 0.717) is 6.04 Å². The van der Waals surface area contributed by atoms with Crippen molar-refractivity contribution in [3.63, 3.8) is 0 Å². The van der Waals surface area contributed by atoms with Crippen LogP contribution in [-0.2, 0) is 20.7 Å². The fraction of sp³-hybridized carbons (Fsp3) is 0.636. The van der Waals surface area contributed by atoms with Crippen molar-refractivity contribution in [3.8, 4) is 0 Å². The molecule has 0 atom stereocenters. The van der Waals surface area contributed by atoms with E-state index in [-0.39, 0.29) is 11.9 Å². The molecule has 0 aromatic heterocycles. The number of carbonyl (C=O) groups is 2. The van der Waals surface area contributed by atoms with Crippen LogP contribution in [0.4, 0.5) is 10.5 Å². The molecule has 1 amide bonds. The number of nitrogens with zero attached hydrogens (tertiary/aromatic N) is 1. The quantitative estimate of drug-likeness (QED) is 0.736. The molecule has 0 unspecified atom stereocenters. The lowest BCUT2D eigenvalue weighted by Gasteiger charge is -2.33. The molecule has 1 N–H and O–H groups in total. The highest BCUT2D eigenvalue weighted by Crippen LogP contribution is 2.28. The van der Waals surface area contributed by atoms with Crippen LogP contribution in [-0.4, -0.2) is 49.3 Å². The number of ether oxygens (including phenoxy) is 2. The van der Waals surface area contributed by atoms with E-state index in [1.807, 2.05) is 45.0 Å². The molecule has 1 aliphatic rings. The Labute approximate surface area is 168 Å². The highest BCUT2D eigenvalue weighted by molar-refractivity contribution is 5.84. The van der Waals surface area contributed by atoms with E-state index >= 15 is 0 Å². The molecular formula is C22H34N2O4. The number of nitrogens with one attached hydrogen (secondary N) is 1. The summed E-state index contributed by atoms with van der Waals surface area (Å²) in [7, 11) is 3.62. The molecule has 1 saturated carbocycles. The zero-order valence-electron chi connectivity index (χ0n) is 17.8. The molecule has 0 saturated heterocycles. The maximum atomic E-state index is 11.8. The van der Waals surface area contributed by atoms with Gasteiger partial charge in [-0.25, -0.2) is 4.79 Å². The number of benzene rings is 1. The van der Waals surface area contributed by atoms with Gasteiger partial charge in [0.2, 0.25) is 0 Å². The fourth-order valence-electron chi connectivity index (χ4n) is 3.58. The molecule has 0 bridgehead atoms. The maximum absolute atomic E-state index is 11.8. The van der Waals surface area contributed by atoms with E-state index in [0.717, 1.165) is 44.3 Å². The van der Waals surface area contributed by atoms with Crippen LogP contribution in [0.25, 0.3) is 0 Å². The van der Waals surface area contributed by atoms with Crippen molar-refractivity contribution in [1.82, 2.24) is 4.90 Å². The van der Waals surface area contributed by atoms with Crippen molar-refractivity contribution < 1.29 is 19.1 Å². The van der Waals surface area contributed by atoms with Crippen LogP contribution in [0.15, 0.2) is 24.3 Å². The smallest absolute Gasteiger partial charge is 0.412 e. The Bertz CT molecular complexity index is 643. The first-order chi connectivity index (χ1) is 13.2. The van der Waals surface area contributed by atoms with Gasteiger partial charge in [-0.05, 0) is 77.6 Å². The Morgan fingerprint density at radius 3 is 2.25 bits per heavy atom. The van der Waals surface area contributed by atoms with Crippen LogP contribution in [0, 0.1) is 5.92 Å². The number of hydrogen-bond donors (Lipinski definition) is 1. The third-order valence-electron chi connectivity index (χ3n) is 5.21. The molecule has 0 aliphatic heterocycles. The minimum absolute atomic E-state index is 0.0683. The van der Waals surface area contributed by atoms with E-state index in [2.05, 4.69) is 17.3 Å². The third-order valence-corrected chi connectivity index (χ3v) is 5.21. The second kappa shape index (κ2) is 9.92. The van der Waals surface area contributed by atoms with Gasteiger partial charge >= 0.3 is 12.1 Å². The van der Waals surface area contributed by atoms with Gasteiger partial charge in [-0.2, -0.15) is 0 Å². The Balaban J connectivity index is 1.75. The predicted molar refractivity (Wildman–Crippen MR) is 110 cm³/mol. The maximum Gasteiger partial charge on any atom is 0.412 e. The minimum atomic E-state index is -0.509. The van der Waals surface area contributed by atoms with E-state index < -0.39 is 11.7 Å². The van der Waals surface area contributed by atoms with Crippen molar-refractivity contribution >= 4 is 17.7 Å². The Hall–Kier alpha value is -2.08. The standard InChI is InChI=1S/C22H34N2O4/c1-22(2,3)28-21(26)23-18-10-6-16(7-11-18)14-15-24(4)19-12-8-17(9-13-19)20(25)27-5/h6-7,10-11,17,19H,8-9,12-15H2,1-5H3,(H,23,26). The Morgan fingerprint density at radius 1 is 1.11 bits per heavy atom. The molecular weight excluding hydrogens is 356 g/mol. The van der Waals surface area contributed by atoms with Gasteiger partial charge in [0.15, 0.2) is 0 Å². The first-order valence-electron chi connectivity index (χ1n) is 10.0. The summed E-state index contributed by atoms with van der Waals surface area (Å²) < 4.78 is 10.1. The topological polar surface area (TPSA) is 67.9 Å². The predicted octanol–water partition coefficient (Wildman–Crippen LogP) is 4.24. The lowest BCUT2D eigenvalue weighted by molar-refractivity contribution is -0.146. The summed E-state index contributed by atoms with van der Waals surface area (Å²) >= 11 is 0. The van der Waals surface area contributed by atoms with Gasteiger partial charge in [-0.1, -0.05) is 12.1 Å². The summed E-state index contributed by atoms with van der Waals surface area (Å²) in [6.45, 7) is 6.49. The summed E-state index contributed by atoms with van der Waals surface area (Å²) in [5, 5.41) is 2.75. The van der Waals surface area contributed by atoms with Gasteiger partial charge in [0.05, 0.1) is 13.0 Å². The van der Waals surface area contributed by atoms with Gasteiger partial charge in [0, 0.05) is 18.3 Å². The zero-order valence-corrected chi connectivity index (χ0v) is 17.8. The number of carbonyl (C=O) groups excluding carboxylic acids is 2. The number of likely N-dealkylation sites (N-methyl/N-ethyl adjacent to an activating group) is 1. The summed E-state index contributed by atoms with van der Waals surface area (Å²) in [5.74, 6) is 0.000788. The Morgan fingerprint density at radius 2 is 1.71 bits per heavy atom. The van der Waals surface area contributed by atoms with E-state index in [9.17, 15) is 9.59 Å². The van der Waals surface area contributed by atoms with E-state index in [4.69, 9.17) is 9.47 Å². The third kappa shape index (κ3) is 7.15. The zero-order chi connectivity index (χ0) is 20.7. The molecule has 1 aromatic rings. The Kier molecular flexibility index (Phi) is 7.87. The molecule has 6 nitrogen and oxygen atoms in total. The number of esters is 1. The SMILES string of the molecule is COC(=O)C1CCC(N(C)CCc2ccc(NC(=O)OC(C)(C)C)cc2)CC1. The molecule has 0 spiro atoms. The average Bonchev–Trinajstić information content (AvgIpc) is 2.65. The highest BCUT2D eigenvalue weighted by atomic mass is 16.6. The molecule has 1 fully saturated rings. The number of hydrogen-bond acceptors (Lipinski definition) is 5. The average molecular weight is 391 g/mol. The largest absolute Gasteiger partial charge is 0.469 e. The highest BCUT2D eigenvalue weighted by Gasteiger charge is 2.28. The molecule has 1 aliphatic carbocycles. The second-order valence-corrected chi connectivity index (χ2v) is 8.58. The number of anilines is 1. The van der Waals surface area contributed by atoms with Crippen molar-refractivity contribution in [2.75, 3.05) is 26.0 Å². The number of amides is 1. The number of rotatable bonds is 6. The first kappa shape index (κ1) is 22.2. The monoisotopic (exact) mass is 390 g/mol. The van der Waals surface area contributed by atoms with Gasteiger partial charge < -0.3 is 14.4 Å². The molecule has 2 rings (SSSR count). The van der Waals surface area contributed by atoms with Crippen LogP contribution < -0.4 is 5.32 Å². The van der Waals surface area contributed by atoms with Gasteiger partial charge in [-0.15, -0.1) is 0 Å². The molecule has 6 heteroatoms. The van der Waals surface area contributed by atoms with Crippen LogP contribution in [0.1, 0.15) is 52.0 Å². The van der Waals surface area contributed by atoms with Crippen LogP contribution in [0.3, 0.4) is 0 Å². The minimum Gasteiger partial charge on any atom is -0.469 e. The van der Waals surface area contributed by atoms with E-state index in [1.54, 1.807) is 0 Å². The molecule has 0 heterocycles. The van der Waals surface area contributed by atoms with Crippen molar-refractivity contribution in [3.05, 3.63) is 29.8 Å². The van der Waals surface area contributed by atoms with Crippen LogP contribution in [0.5, 0.6) is 0 Å². The molecule has 0 radical (unpaired) electrons. The molecule has 28 heavy (non-hydrogen) atoms. The normalized spacial score (nSPS) is 19.9. The van der Waals surface area contributed by atoms with E-state index in [1.165, 1.54) is 12.7 Å². The van der Waals surface area contributed by atoms with Gasteiger partial charge in [0.25, 0.3) is 0 Å². The summed E-state index contributed by atoms with van der Waals surface area (Å²) in [6.07, 6.45) is 4.39. The lowest BCUT2D eigenvalue weighted by Crippen LogP contribution is -2.37. The molecule has 1 aromatic carbocycles. The first-order valence-corrected chi connectivity index (χ1v) is 10.0. The van der Waals surface area contributed by atoms with Gasteiger partial charge in [-0.3, -0.25) is 10.1 Å². The van der Waals surface area contributed by atoms with Crippen LogP contribution >= 0.6 is 0 Å². The lowest BCUT2D eigenvalue weighted by atomic mass is 9.85. The van der Waals surface area contributed by atoms with Crippen molar-refractivity contribution in [2.45, 2.75) is 64.5 Å². The fourth-order valence-corrected chi connectivity index (χ4v) is 3.58. The van der Waals surface area contributed by atoms with Crippen molar-refractivity contribution in [2.24, 2.45) is 5.92 Å². The second-order valence-electron chi connectivity index (χ2n) is 8.58. The number of methoxy groups -OCH3 is 1. The van der Waals surface area contributed by atoms with Crippen molar-refractivity contribution in [1.29, 1.82) is 0 Å².